The number of carbonyl (C=O) groups excluding carboxylic acids is 8. The fraction of sp³-hybridized carbons (Fsp3) is 0.768. The van der Waals surface area contributed by atoms with Crippen molar-refractivity contribution in [1.29, 1.82) is 0 Å². The Morgan fingerprint density at radius 1 is 0.768 bits per heavy atom. The van der Waals surface area contributed by atoms with E-state index in [-0.39, 0.29) is 206 Å². The molecule has 1 aromatic rings. The molecule has 26 nitrogen and oxygen atoms in total. The molecule has 26 heteroatoms. The van der Waals surface area contributed by atoms with Gasteiger partial charge in [-0.15, -0.1) is 0 Å². The van der Waals surface area contributed by atoms with E-state index >= 15 is 0 Å². The first-order chi connectivity index (χ1) is 45.7. The van der Waals surface area contributed by atoms with E-state index in [9.17, 15) is 43.5 Å². The molecule has 20 atom stereocenters. The second-order valence-corrected chi connectivity index (χ2v) is 27.6. The number of rotatable bonds is 30. The lowest BCUT2D eigenvalue weighted by molar-refractivity contribution is -0.394. The third-order valence-corrected chi connectivity index (χ3v) is 21.0. The van der Waals surface area contributed by atoms with E-state index in [0.29, 0.717) is 30.0 Å². The zero-order chi connectivity index (χ0) is 68.0. The molecule has 8 N–H and O–H groups in total. The number of aliphatic hydroxyl groups is 1. The number of ketones is 1. The number of urea groups is 1. The van der Waals surface area contributed by atoms with E-state index in [4.69, 9.17) is 53.1 Å². The van der Waals surface area contributed by atoms with E-state index in [1.807, 2.05) is 13.8 Å². The summed E-state index contributed by atoms with van der Waals surface area (Å²) >= 11 is 0. The fourth-order valence-corrected chi connectivity index (χ4v) is 15.7. The van der Waals surface area contributed by atoms with Gasteiger partial charge in [-0.05, 0) is 92.4 Å². The minimum absolute atomic E-state index is 0.0194. The number of ether oxygens (including phenoxy) is 10. The average Bonchev–Trinajstić information content (AvgIpc) is 1.18. The third kappa shape index (κ3) is 18.8. The van der Waals surface area contributed by atoms with Gasteiger partial charge >= 0.3 is 12.1 Å². The first-order valence-electron chi connectivity index (χ1n) is 34.8. The Labute approximate surface area is 558 Å². The number of nitrogens with two attached hydrogens (primary N) is 1. The molecule has 0 radical (unpaired) electrons. The predicted molar refractivity (Wildman–Crippen MR) is 345 cm³/mol. The molecule has 1 aromatic carbocycles. The highest BCUT2D eigenvalue weighted by atomic mass is 16.6. The Hall–Kier alpha value is -5.68. The van der Waals surface area contributed by atoms with Crippen LogP contribution >= 0.6 is 0 Å². The van der Waals surface area contributed by atoms with Gasteiger partial charge in [-0.2, -0.15) is 0 Å². The number of anilines is 1. The maximum Gasteiger partial charge on any atom is 0.407 e. The first kappa shape index (κ1) is 73.6. The zero-order valence-corrected chi connectivity index (χ0v) is 56.5. The second-order valence-electron chi connectivity index (χ2n) is 27.6. The number of hydrogen-bond donors (Lipinski definition) is 7. The SMILES string of the molecule is C=C1[C@@H](C)C[C@@H]2CCC[C@H]3OC4[C@@H]3C3O[C@H]5CC[C@H](CC(=O)C[C@@H]6C(OC)[C@@H](C[C@H](O)CNC(=O)OCc7ccc(NC(=O)[C@H](CCCNC(N)=O)NC(=O)[C@@H](NC(=O)CCOCCOCCN8C(=O)CC(C(CC)CC)C8=O)C(C)C)cc7)O[C@H]6C[C@H]1O2)OC5[C@H](OC)[C@@H]34. The van der Waals surface area contributed by atoms with Gasteiger partial charge in [-0.25, -0.2) is 9.59 Å². The van der Waals surface area contributed by atoms with Crippen molar-refractivity contribution in [2.24, 2.45) is 47.2 Å². The smallest absolute Gasteiger partial charge is 0.407 e. The highest BCUT2D eigenvalue weighted by Crippen LogP contribution is 2.58. The molecule has 1 saturated carbocycles. The minimum Gasteiger partial charge on any atom is -0.445 e. The summed E-state index contributed by atoms with van der Waals surface area (Å²) in [7, 11) is 3.32. The summed E-state index contributed by atoms with van der Waals surface area (Å²) in [6, 6.07) is 3.65. The summed E-state index contributed by atoms with van der Waals surface area (Å²) in [5.74, 6) is -2.13. The number of carbonyl (C=O) groups is 8. The molecule has 0 spiro atoms. The summed E-state index contributed by atoms with van der Waals surface area (Å²) in [5, 5.41) is 24.9. The number of imide groups is 1. The van der Waals surface area contributed by atoms with Crippen LogP contribution in [0.3, 0.4) is 0 Å². The van der Waals surface area contributed by atoms with Gasteiger partial charge in [0.05, 0.1) is 112 Å². The molecule has 1 aliphatic carbocycles. The van der Waals surface area contributed by atoms with Crippen LogP contribution in [0.25, 0.3) is 0 Å². The van der Waals surface area contributed by atoms with Crippen LogP contribution in [0.2, 0.25) is 0 Å². The quantitative estimate of drug-likeness (QED) is 0.0305. The van der Waals surface area contributed by atoms with Crippen LogP contribution in [-0.4, -0.2) is 209 Å². The van der Waals surface area contributed by atoms with Crippen LogP contribution in [0, 0.1) is 41.4 Å². The molecule has 95 heavy (non-hydrogen) atoms. The van der Waals surface area contributed by atoms with Crippen molar-refractivity contribution in [3.8, 4) is 0 Å². The number of nitrogens with one attached hydrogen (secondary N) is 5. The van der Waals surface area contributed by atoms with Crippen molar-refractivity contribution >= 4 is 53.1 Å². The molecule has 10 saturated heterocycles. The number of alkyl carbamates (subject to hydrolysis) is 1. The summed E-state index contributed by atoms with van der Waals surface area (Å²) < 4.78 is 62.6. The molecule has 10 bridgehead atoms. The zero-order valence-electron chi connectivity index (χ0n) is 56.5. The number of primary amides is 1. The number of hydrogen-bond acceptors (Lipinski definition) is 19. The lowest BCUT2D eigenvalue weighted by Gasteiger charge is -2.67. The number of nitrogens with zero attached hydrogens (tertiary/aromatic N) is 1. The van der Waals surface area contributed by atoms with Gasteiger partial charge in [0.1, 0.15) is 30.6 Å². The Balaban J connectivity index is 0.719. The van der Waals surface area contributed by atoms with E-state index < -0.39 is 66.3 Å². The lowest BCUT2D eigenvalue weighted by atomic mass is 9.57. The summed E-state index contributed by atoms with van der Waals surface area (Å²) in [4.78, 5) is 106. The normalized spacial score (nSPS) is 32.2. The van der Waals surface area contributed by atoms with Crippen LogP contribution < -0.4 is 32.3 Å². The average molecular weight is 1340 g/mol. The lowest BCUT2D eigenvalue weighted by Crippen LogP contribution is -2.78. The topological polar surface area (TPSA) is 339 Å². The second kappa shape index (κ2) is 34.7. The Morgan fingerprint density at radius 2 is 1.49 bits per heavy atom. The molecular weight excluding hydrogens is 1230 g/mol. The standard InChI is InChI=1S/C69H105N7O19/c1-9-41(10-2)47-33-56(80)76(67(47)83)24-26-89-28-27-88-25-22-55(79)75-59(37(3)4)66(82)74-49(14-12-23-71-68(70)84)65(81)73-42-18-16-40(17-19-42)36-90-69(85)72-35-44(78)32-54-60(86-7)48-31-43(77)30-46-20-21-51-61(92-46)64(87-8)58-62-57(63(58)95-51)50(94-62)15-11-13-45-29-38(5)39(6)52(91-45)34-53(48)93-54/h16-19,37-38,41,44-54,57-64,78H,6,9-15,20-36H2,1-5,7-8H3,(H,72,85)(H,73,81)(H,74,82)(H,75,79)(H3,70,71,84)/t38-,44-,45-,46+,47?,48-,49-,50+,51-,52+,53-,54+,57+,58+,59-,60?,61?,62?,63?,64+/m0/s1. The summed E-state index contributed by atoms with van der Waals surface area (Å²) in [6.45, 7) is 14.7. The monoisotopic (exact) mass is 1340 g/mol. The van der Waals surface area contributed by atoms with Crippen molar-refractivity contribution in [3.05, 3.63) is 42.0 Å². The maximum atomic E-state index is 14.3. The van der Waals surface area contributed by atoms with E-state index in [1.54, 1.807) is 52.3 Å². The molecule has 10 heterocycles. The fourth-order valence-electron chi connectivity index (χ4n) is 15.7. The Morgan fingerprint density at radius 3 is 2.20 bits per heavy atom. The minimum atomic E-state index is -1.10. The molecule has 0 aromatic heterocycles. The van der Waals surface area contributed by atoms with E-state index in [1.165, 1.54) is 4.90 Å². The predicted octanol–water partition coefficient (Wildman–Crippen LogP) is 4.93. The van der Waals surface area contributed by atoms with Crippen molar-refractivity contribution in [2.75, 3.05) is 65.6 Å². The Bertz CT molecular complexity index is 2790. The highest BCUT2D eigenvalue weighted by Gasteiger charge is 2.69. The van der Waals surface area contributed by atoms with Crippen molar-refractivity contribution in [1.82, 2.24) is 26.2 Å². The molecule has 8 amide bonds. The number of likely N-dealkylation sites (tertiary alicyclic amines) is 1. The van der Waals surface area contributed by atoms with E-state index in [0.717, 1.165) is 50.5 Å². The van der Waals surface area contributed by atoms with Gasteiger partial charge in [0.2, 0.25) is 29.5 Å². The number of aliphatic hydroxyl groups excluding tert-OH is 1. The van der Waals surface area contributed by atoms with E-state index in [2.05, 4.69) is 40.1 Å². The number of methoxy groups -OCH3 is 2. The molecule has 5 unspecified atom stereocenters. The van der Waals surface area contributed by atoms with Crippen molar-refractivity contribution < 1.29 is 90.8 Å². The number of Topliss-reactive ketones (excluding diaryl/α,β-unsaturated/α-hetero) is 1. The van der Waals surface area contributed by atoms with Crippen LogP contribution in [-0.2, 0) is 82.7 Å². The molecule has 11 aliphatic rings. The molecule has 12 rings (SSSR count). The third-order valence-electron chi connectivity index (χ3n) is 21.0. The van der Waals surface area contributed by atoms with Crippen LogP contribution in [0.15, 0.2) is 36.4 Å². The van der Waals surface area contributed by atoms with Crippen molar-refractivity contribution in [3.63, 3.8) is 0 Å². The summed E-state index contributed by atoms with van der Waals surface area (Å²) in [6.07, 6.45) is 3.86. The summed E-state index contributed by atoms with van der Waals surface area (Å²) in [5.41, 5.74) is 7.20. The van der Waals surface area contributed by atoms with Crippen molar-refractivity contribution in [2.45, 2.75) is 235 Å². The van der Waals surface area contributed by atoms with Gasteiger partial charge in [0, 0.05) is 89.3 Å². The molecular formula is C69H105N7O19. The van der Waals surface area contributed by atoms with Gasteiger partial charge in [-0.3, -0.25) is 33.7 Å². The van der Waals surface area contributed by atoms with Gasteiger partial charge in [0.15, 0.2) is 0 Å². The van der Waals surface area contributed by atoms with Crippen LogP contribution in [0.4, 0.5) is 15.3 Å². The maximum absolute atomic E-state index is 14.3. The molecule has 11 fully saturated rings. The molecule has 10 aliphatic heterocycles. The van der Waals surface area contributed by atoms with Gasteiger partial charge < -0.3 is 84.8 Å². The number of benzene rings is 1. The largest absolute Gasteiger partial charge is 0.445 e. The number of amides is 8. The number of fused-ring (bicyclic) bond motifs is 1. The van der Waals surface area contributed by atoms with Crippen LogP contribution in [0.5, 0.6) is 0 Å². The first-order valence-corrected chi connectivity index (χ1v) is 34.8. The molecule has 530 valence electrons. The Kier molecular flexibility index (Phi) is 26.9. The highest BCUT2D eigenvalue weighted by molar-refractivity contribution is 6.03. The van der Waals surface area contributed by atoms with Gasteiger partial charge in [-0.1, -0.05) is 66.2 Å². The van der Waals surface area contributed by atoms with Crippen LogP contribution in [0.1, 0.15) is 143 Å². The van der Waals surface area contributed by atoms with Gasteiger partial charge in [0.25, 0.3) is 0 Å².